The van der Waals surface area contributed by atoms with E-state index in [1.54, 1.807) is 6.20 Å². The zero-order valence-electron chi connectivity index (χ0n) is 11.1. The topological polar surface area (TPSA) is 54.0 Å². The zero-order valence-corrected chi connectivity index (χ0v) is 11.1. The van der Waals surface area contributed by atoms with E-state index >= 15 is 0 Å². The molecule has 1 heterocycles. The fourth-order valence-corrected chi connectivity index (χ4v) is 1.91. The molecule has 1 aromatic heterocycles. The molecule has 0 bridgehead atoms. The third-order valence-corrected chi connectivity index (χ3v) is 2.87. The summed E-state index contributed by atoms with van der Waals surface area (Å²) in [5, 5.41) is 7.23. The Labute approximate surface area is 113 Å². The quantitative estimate of drug-likeness (QED) is 0.836. The number of fused-ring (bicyclic) bond motifs is 1. The summed E-state index contributed by atoms with van der Waals surface area (Å²) in [6.45, 7) is 3.40. The SMILES string of the molecule is CCCNC(=O)CCNc1cccc2cccnc12. The minimum atomic E-state index is 0.0857. The fourth-order valence-electron chi connectivity index (χ4n) is 1.91. The maximum Gasteiger partial charge on any atom is 0.221 e. The first-order valence-electron chi connectivity index (χ1n) is 6.65. The normalized spacial score (nSPS) is 10.4. The van der Waals surface area contributed by atoms with E-state index in [1.807, 2.05) is 37.3 Å². The zero-order chi connectivity index (χ0) is 13.5. The Morgan fingerprint density at radius 2 is 2.05 bits per heavy atom. The molecule has 0 saturated heterocycles. The van der Waals surface area contributed by atoms with Gasteiger partial charge in [-0.2, -0.15) is 0 Å². The lowest BCUT2D eigenvalue weighted by atomic mass is 10.2. The van der Waals surface area contributed by atoms with Crippen LogP contribution in [0.3, 0.4) is 0 Å². The summed E-state index contributed by atoms with van der Waals surface area (Å²) in [7, 11) is 0. The summed E-state index contributed by atoms with van der Waals surface area (Å²) < 4.78 is 0. The van der Waals surface area contributed by atoms with E-state index in [0.717, 1.165) is 29.6 Å². The Hall–Kier alpha value is -2.10. The molecule has 0 aliphatic heterocycles. The van der Waals surface area contributed by atoms with E-state index < -0.39 is 0 Å². The number of hydrogen-bond donors (Lipinski definition) is 2. The van der Waals surface area contributed by atoms with Gasteiger partial charge in [-0.15, -0.1) is 0 Å². The van der Waals surface area contributed by atoms with Gasteiger partial charge in [-0.05, 0) is 18.6 Å². The highest BCUT2D eigenvalue weighted by atomic mass is 16.1. The summed E-state index contributed by atoms with van der Waals surface area (Å²) in [5.74, 6) is 0.0857. The number of carbonyl (C=O) groups excluding carboxylic acids is 1. The van der Waals surface area contributed by atoms with E-state index in [2.05, 4.69) is 15.6 Å². The maximum atomic E-state index is 11.5. The molecule has 0 spiro atoms. The number of benzene rings is 1. The molecule has 0 aliphatic carbocycles. The molecular formula is C15H19N3O. The molecular weight excluding hydrogens is 238 g/mol. The molecule has 1 amide bonds. The van der Waals surface area contributed by atoms with Crippen LogP contribution < -0.4 is 10.6 Å². The summed E-state index contributed by atoms with van der Waals surface area (Å²) in [6.07, 6.45) is 3.22. The van der Waals surface area contributed by atoms with E-state index in [9.17, 15) is 4.79 Å². The molecule has 100 valence electrons. The fraction of sp³-hybridized carbons (Fsp3) is 0.333. The van der Waals surface area contributed by atoms with Gasteiger partial charge in [0.15, 0.2) is 0 Å². The highest BCUT2D eigenvalue weighted by Crippen LogP contribution is 2.20. The average Bonchev–Trinajstić information content (AvgIpc) is 2.45. The van der Waals surface area contributed by atoms with Crippen LogP contribution in [0.5, 0.6) is 0 Å². The van der Waals surface area contributed by atoms with Crippen molar-refractivity contribution in [3.8, 4) is 0 Å². The molecule has 2 aromatic rings. The van der Waals surface area contributed by atoms with Gasteiger partial charge in [-0.3, -0.25) is 9.78 Å². The van der Waals surface area contributed by atoms with Gasteiger partial charge in [0.25, 0.3) is 0 Å². The van der Waals surface area contributed by atoms with Crippen molar-refractivity contribution in [3.63, 3.8) is 0 Å². The monoisotopic (exact) mass is 257 g/mol. The molecule has 0 atom stereocenters. The molecule has 0 fully saturated rings. The van der Waals surface area contributed by atoms with Gasteiger partial charge < -0.3 is 10.6 Å². The number of nitrogens with one attached hydrogen (secondary N) is 2. The van der Waals surface area contributed by atoms with Crippen LogP contribution in [0.15, 0.2) is 36.5 Å². The van der Waals surface area contributed by atoms with Crippen molar-refractivity contribution in [3.05, 3.63) is 36.5 Å². The van der Waals surface area contributed by atoms with Crippen LogP contribution in [0.4, 0.5) is 5.69 Å². The Morgan fingerprint density at radius 1 is 1.21 bits per heavy atom. The molecule has 1 aromatic carbocycles. The number of para-hydroxylation sites is 1. The standard InChI is InChI=1S/C15H19N3O/c1-2-9-17-14(19)8-11-16-13-7-3-5-12-6-4-10-18-15(12)13/h3-7,10,16H,2,8-9,11H2,1H3,(H,17,19). The lowest BCUT2D eigenvalue weighted by Gasteiger charge is -2.09. The number of rotatable bonds is 6. The van der Waals surface area contributed by atoms with Crippen LogP contribution >= 0.6 is 0 Å². The average molecular weight is 257 g/mol. The number of anilines is 1. The van der Waals surface area contributed by atoms with Gasteiger partial charge in [-0.25, -0.2) is 0 Å². The number of nitrogens with zero attached hydrogens (tertiary/aromatic N) is 1. The Bertz CT molecular complexity index is 549. The molecule has 2 N–H and O–H groups in total. The van der Waals surface area contributed by atoms with Crippen LogP contribution in [0.1, 0.15) is 19.8 Å². The predicted octanol–water partition coefficient (Wildman–Crippen LogP) is 2.56. The summed E-state index contributed by atoms with van der Waals surface area (Å²) in [4.78, 5) is 15.9. The highest BCUT2D eigenvalue weighted by Gasteiger charge is 2.03. The first kappa shape index (κ1) is 13.3. The molecule has 4 nitrogen and oxygen atoms in total. The second-order valence-corrected chi connectivity index (χ2v) is 4.41. The molecule has 0 aliphatic rings. The largest absolute Gasteiger partial charge is 0.383 e. The van der Waals surface area contributed by atoms with Gasteiger partial charge >= 0.3 is 0 Å². The molecule has 2 rings (SSSR count). The minimum Gasteiger partial charge on any atom is -0.383 e. The smallest absolute Gasteiger partial charge is 0.221 e. The molecule has 4 heteroatoms. The Kier molecular flexibility index (Phi) is 4.72. The third-order valence-electron chi connectivity index (χ3n) is 2.87. The van der Waals surface area contributed by atoms with Crippen LogP contribution in [0.2, 0.25) is 0 Å². The first-order valence-corrected chi connectivity index (χ1v) is 6.65. The van der Waals surface area contributed by atoms with Crippen LogP contribution in [-0.4, -0.2) is 24.0 Å². The van der Waals surface area contributed by atoms with E-state index in [1.165, 1.54) is 0 Å². The lowest BCUT2D eigenvalue weighted by molar-refractivity contribution is -0.120. The minimum absolute atomic E-state index is 0.0857. The van der Waals surface area contributed by atoms with Gasteiger partial charge in [0.2, 0.25) is 5.91 Å². The van der Waals surface area contributed by atoms with Crippen molar-refractivity contribution < 1.29 is 4.79 Å². The number of aromatic nitrogens is 1. The number of hydrogen-bond acceptors (Lipinski definition) is 3. The highest BCUT2D eigenvalue weighted by molar-refractivity contribution is 5.90. The number of pyridine rings is 1. The molecule has 0 radical (unpaired) electrons. The van der Waals surface area contributed by atoms with Crippen LogP contribution in [-0.2, 0) is 4.79 Å². The van der Waals surface area contributed by atoms with Gasteiger partial charge in [0.1, 0.15) is 0 Å². The predicted molar refractivity (Wildman–Crippen MR) is 78.2 cm³/mol. The second-order valence-electron chi connectivity index (χ2n) is 4.41. The molecule has 0 saturated carbocycles. The lowest BCUT2D eigenvalue weighted by Crippen LogP contribution is -2.25. The van der Waals surface area contributed by atoms with E-state index in [-0.39, 0.29) is 5.91 Å². The molecule has 0 unspecified atom stereocenters. The van der Waals surface area contributed by atoms with Gasteiger partial charge in [0.05, 0.1) is 11.2 Å². The van der Waals surface area contributed by atoms with Crippen molar-refractivity contribution in [2.24, 2.45) is 0 Å². The van der Waals surface area contributed by atoms with Crippen molar-refractivity contribution in [2.45, 2.75) is 19.8 Å². The first-order chi connectivity index (χ1) is 9.31. The third kappa shape index (κ3) is 3.68. The Balaban J connectivity index is 1.93. The summed E-state index contributed by atoms with van der Waals surface area (Å²) in [5.41, 5.74) is 1.92. The van der Waals surface area contributed by atoms with Gasteiger partial charge in [0, 0.05) is 31.1 Å². The van der Waals surface area contributed by atoms with Crippen molar-refractivity contribution in [1.82, 2.24) is 10.3 Å². The van der Waals surface area contributed by atoms with E-state index in [0.29, 0.717) is 13.0 Å². The number of carbonyl (C=O) groups is 1. The molecule has 19 heavy (non-hydrogen) atoms. The Morgan fingerprint density at radius 3 is 2.89 bits per heavy atom. The van der Waals surface area contributed by atoms with E-state index in [4.69, 9.17) is 0 Å². The van der Waals surface area contributed by atoms with Crippen LogP contribution in [0.25, 0.3) is 10.9 Å². The van der Waals surface area contributed by atoms with Gasteiger partial charge in [-0.1, -0.05) is 25.1 Å². The summed E-state index contributed by atoms with van der Waals surface area (Å²) >= 11 is 0. The summed E-state index contributed by atoms with van der Waals surface area (Å²) in [6, 6.07) is 9.95. The maximum absolute atomic E-state index is 11.5. The number of amides is 1. The second kappa shape index (κ2) is 6.73. The van der Waals surface area contributed by atoms with Crippen molar-refractivity contribution >= 4 is 22.5 Å². The van der Waals surface area contributed by atoms with Crippen molar-refractivity contribution in [1.29, 1.82) is 0 Å². The van der Waals surface area contributed by atoms with Crippen LogP contribution in [0, 0.1) is 0 Å². The van der Waals surface area contributed by atoms with Crippen molar-refractivity contribution in [2.75, 3.05) is 18.4 Å².